The number of thiophene rings is 1. The van der Waals surface area contributed by atoms with Crippen molar-refractivity contribution in [1.82, 2.24) is 4.31 Å². The summed E-state index contributed by atoms with van der Waals surface area (Å²) < 4.78 is 32.0. The van der Waals surface area contributed by atoms with E-state index < -0.39 is 10.0 Å². The minimum absolute atomic E-state index is 0.0192. The third-order valence-electron chi connectivity index (χ3n) is 4.11. The molecule has 1 aromatic heterocycles. The molecule has 0 radical (unpaired) electrons. The highest BCUT2D eigenvalue weighted by Gasteiger charge is 2.27. The number of aryl methyl sites for hydroxylation is 2. The topological polar surface area (TPSA) is 95.9 Å². The number of hydrogen-bond donors (Lipinski definition) is 2. The van der Waals surface area contributed by atoms with E-state index in [0.717, 1.165) is 9.75 Å². The predicted octanol–water partition coefficient (Wildman–Crippen LogP) is 2.34. The summed E-state index contributed by atoms with van der Waals surface area (Å²) in [4.78, 5) is 14.3. The molecule has 1 saturated heterocycles. The number of hydrogen-bond acceptors (Lipinski definition) is 6. The molecule has 2 heterocycles. The second kappa shape index (κ2) is 7.36. The van der Waals surface area contributed by atoms with Gasteiger partial charge in [-0.2, -0.15) is 4.31 Å². The Morgan fingerprint density at radius 1 is 1.23 bits per heavy atom. The number of carbonyl (C=O) groups is 1. The van der Waals surface area contributed by atoms with Crippen LogP contribution in [-0.2, 0) is 14.8 Å². The monoisotopic (exact) mass is 396 g/mol. The molecule has 0 aliphatic carbocycles. The molecule has 0 spiro atoms. The largest absolute Gasteiger partial charge is 0.506 e. The van der Waals surface area contributed by atoms with Crippen molar-refractivity contribution in [2.24, 2.45) is 0 Å². The Kier molecular flexibility index (Phi) is 5.33. The third-order valence-corrected chi connectivity index (χ3v) is 6.97. The molecular formula is C17H20N2O5S2. The van der Waals surface area contributed by atoms with Crippen LogP contribution in [0, 0.1) is 13.8 Å². The van der Waals surface area contributed by atoms with Gasteiger partial charge >= 0.3 is 0 Å². The van der Waals surface area contributed by atoms with Gasteiger partial charge < -0.3 is 15.2 Å². The summed E-state index contributed by atoms with van der Waals surface area (Å²) in [5.41, 5.74) is 0.570. The molecule has 1 aromatic carbocycles. The molecule has 0 bridgehead atoms. The highest BCUT2D eigenvalue weighted by atomic mass is 32.2. The molecule has 1 fully saturated rings. The number of phenolic OH excluding ortho intramolecular Hbond substituents is 1. The summed E-state index contributed by atoms with van der Waals surface area (Å²) in [6, 6.07) is 5.65. The predicted molar refractivity (Wildman–Crippen MR) is 99.4 cm³/mol. The number of aromatic hydroxyl groups is 1. The number of nitrogens with one attached hydrogen (secondary N) is 1. The fourth-order valence-corrected chi connectivity index (χ4v) is 5.11. The van der Waals surface area contributed by atoms with Gasteiger partial charge in [-0.3, -0.25) is 4.79 Å². The fourth-order valence-electron chi connectivity index (χ4n) is 2.76. The van der Waals surface area contributed by atoms with Crippen molar-refractivity contribution in [3.63, 3.8) is 0 Å². The Morgan fingerprint density at radius 2 is 1.92 bits per heavy atom. The lowest BCUT2D eigenvalue weighted by molar-refractivity contribution is 0.0730. The van der Waals surface area contributed by atoms with E-state index in [0.29, 0.717) is 18.8 Å². The molecular weight excluding hydrogens is 376 g/mol. The molecule has 1 amide bonds. The number of carbonyl (C=O) groups excluding carboxylic acids is 1. The molecule has 2 aromatic rings. The van der Waals surface area contributed by atoms with Crippen LogP contribution in [0.3, 0.4) is 0 Å². The second-order valence-electron chi connectivity index (χ2n) is 5.98. The second-order valence-corrected chi connectivity index (χ2v) is 9.37. The molecule has 0 atom stereocenters. The molecule has 9 heteroatoms. The third kappa shape index (κ3) is 3.75. The summed E-state index contributed by atoms with van der Waals surface area (Å²) in [6.07, 6.45) is 0. The molecule has 2 N–H and O–H groups in total. The van der Waals surface area contributed by atoms with Crippen LogP contribution in [0.15, 0.2) is 29.2 Å². The standard InChI is InChI=1S/C17H20N2O5S2/c1-11-9-14(12(2)25-11)17(21)18-15-10-13(3-4-16(15)20)26(22,23)19-5-7-24-8-6-19/h3-4,9-10,20H,5-8H2,1-2H3,(H,18,21). The van der Waals surface area contributed by atoms with Crippen LogP contribution in [0.4, 0.5) is 5.69 Å². The highest BCUT2D eigenvalue weighted by Crippen LogP contribution is 2.29. The first-order valence-corrected chi connectivity index (χ1v) is 10.3. The Balaban J connectivity index is 1.88. The molecule has 3 rings (SSSR count). The lowest BCUT2D eigenvalue weighted by atomic mass is 10.2. The van der Waals surface area contributed by atoms with E-state index in [2.05, 4.69) is 5.32 Å². The molecule has 26 heavy (non-hydrogen) atoms. The molecule has 1 aliphatic heterocycles. The van der Waals surface area contributed by atoms with Gasteiger partial charge in [0.25, 0.3) is 5.91 Å². The van der Waals surface area contributed by atoms with Crippen LogP contribution in [0.5, 0.6) is 5.75 Å². The maximum Gasteiger partial charge on any atom is 0.256 e. The van der Waals surface area contributed by atoms with Crippen LogP contribution in [-0.4, -0.2) is 50.0 Å². The van der Waals surface area contributed by atoms with Crippen molar-refractivity contribution in [1.29, 1.82) is 0 Å². The van der Waals surface area contributed by atoms with Crippen molar-refractivity contribution < 1.29 is 23.1 Å². The summed E-state index contributed by atoms with van der Waals surface area (Å²) in [5.74, 6) is -0.577. The molecule has 140 valence electrons. The SMILES string of the molecule is Cc1cc(C(=O)Nc2cc(S(=O)(=O)N3CCOCC3)ccc2O)c(C)s1. The zero-order valence-corrected chi connectivity index (χ0v) is 16.1. The maximum absolute atomic E-state index is 12.7. The van der Waals surface area contributed by atoms with Gasteiger partial charge in [0, 0.05) is 22.8 Å². The Bertz CT molecular complexity index is 931. The molecule has 7 nitrogen and oxygen atoms in total. The number of benzene rings is 1. The maximum atomic E-state index is 12.7. The number of nitrogens with zero attached hydrogens (tertiary/aromatic N) is 1. The Labute approximate surface area is 156 Å². The van der Waals surface area contributed by atoms with Crippen LogP contribution in [0.25, 0.3) is 0 Å². The first-order chi connectivity index (χ1) is 12.3. The van der Waals surface area contributed by atoms with Gasteiger partial charge in [-0.1, -0.05) is 0 Å². The Hall–Kier alpha value is -1.94. The normalized spacial score (nSPS) is 15.8. The van der Waals surface area contributed by atoms with Gasteiger partial charge in [0.15, 0.2) is 0 Å². The zero-order chi connectivity index (χ0) is 18.9. The fraction of sp³-hybridized carbons (Fsp3) is 0.353. The lowest BCUT2D eigenvalue weighted by Gasteiger charge is -2.26. The van der Waals surface area contributed by atoms with Crippen LogP contribution < -0.4 is 5.32 Å². The van der Waals surface area contributed by atoms with Crippen LogP contribution in [0.1, 0.15) is 20.1 Å². The van der Waals surface area contributed by atoms with E-state index in [4.69, 9.17) is 4.74 Å². The molecule has 0 unspecified atom stereocenters. The van der Waals surface area contributed by atoms with Gasteiger partial charge in [-0.25, -0.2) is 8.42 Å². The number of rotatable bonds is 4. The van der Waals surface area contributed by atoms with Gasteiger partial charge in [0.1, 0.15) is 5.75 Å². The summed E-state index contributed by atoms with van der Waals surface area (Å²) in [6.45, 7) is 4.99. The Morgan fingerprint density at radius 3 is 2.54 bits per heavy atom. The number of phenols is 1. The van der Waals surface area contributed by atoms with Crippen molar-refractivity contribution in [3.05, 3.63) is 39.6 Å². The van der Waals surface area contributed by atoms with E-state index in [-0.39, 0.29) is 35.3 Å². The van der Waals surface area contributed by atoms with E-state index >= 15 is 0 Å². The quantitative estimate of drug-likeness (QED) is 0.774. The number of ether oxygens (including phenoxy) is 1. The smallest absolute Gasteiger partial charge is 0.256 e. The van der Waals surface area contributed by atoms with Crippen molar-refractivity contribution in [2.45, 2.75) is 18.7 Å². The lowest BCUT2D eigenvalue weighted by Crippen LogP contribution is -2.40. The van der Waals surface area contributed by atoms with Crippen molar-refractivity contribution >= 4 is 33.0 Å². The van der Waals surface area contributed by atoms with E-state index in [1.807, 2.05) is 13.8 Å². The van der Waals surface area contributed by atoms with Crippen LogP contribution >= 0.6 is 11.3 Å². The van der Waals surface area contributed by atoms with E-state index in [1.165, 1.54) is 33.8 Å². The van der Waals surface area contributed by atoms with Crippen molar-refractivity contribution in [2.75, 3.05) is 31.6 Å². The minimum atomic E-state index is -3.71. The number of morpholine rings is 1. The van der Waals surface area contributed by atoms with Gasteiger partial charge in [0.2, 0.25) is 10.0 Å². The average molecular weight is 396 g/mol. The molecule has 1 aliphatic rings. The minimum Gasteiger partial charge on any atom is -0.506 e. The van der Waals surface area contributed by atoms with E-state index in [9.17, 15) is 18.3 Å². The summed E-state index contributed by atoms with van der Waals surface area (Å²) in [7, 11) is -3.71. The van der Waals surface area contributed by atoms with E-state index in [1.54, 1.807) is 6.07 Å². The first kappa shape index (κ1) is 18.8. The van der Waals surface area contributed by atoms with Gasteiger partial charge in [0.05, 0.1) is 29.4 Å². The number of anilines is 1. The summed E-state index contributed by atoms with van der Waals surface area (Å²) >= 11 is 1.50. The summed E-state index contributed by atoms with van der Waals surface area (Å²) in [5, 5.41) is 12.6. The van der Waals surface area contributed by atoms with Crippen molar-refractivity contribution in [3.8, 4) is 5.75 Å². The zero-order valence-electron chi connectivity index (χ0n) is 14.5. The number of amides is 1. The molecule has 0 saturated carbocycles. The highest BCUT2D eigenvalue weighted by molar-refractivity contribution is 7.89. The number of sulfonamides is 1. The first-order valence-electron chi connectivity index (χ1n) is 8.08. The van der Waals surface area contributed by atoms with Gasteiger partial charge in [-0.05, 0) is 38.1 Å². The van der Waals surface area contributed by atoms with Gasteiger partial charge in [-0.15, -0.1) is 11.3 Å². The van der Waals surface area contributed by atoms with Crippen LogP contribution in [0.2, 0.25) is 0 Å². The average Bonchev–Trinajstić information content (AvgIpc) is 2.96.